The van der Waals surface area contributed by atoms with Crippen LogP contribution in [0.15, 0.2) is 30.6 Å². The standard InChI is InChI=1S/C19H22N6O3S/c1-19(4-5-19)28-13-2-3-15-14(10-13)18(23-22-15)16-11-17(21-12-20-16)24-6-8-25(9-7-24)29(26)27/h2-3,10-12H,4-9H2,1H3,(H,22,23)(H,26,27). The first-order chi connectivity index (χ1) is 14.0. The number of H-pyrrole nitrogens is 1. The Hall–Kier alpha value is -2.56. The van der Waals surface area contributed by atoms with E-state index in [1.165, 1.54) is 10.6 Å². The van der Waals surface area contributed by atoms with Crippen molar-refractivity contribution in [1.82, 2.24) is 24.5 Å². The quantitative estimate of drug-likeness (QED) is 0.616. The summed E-state index contributed by atoms with van der Waals surface area (Å²) in [5, 5.41) is 8.49. The van der Waals surface area contributed by atoms with Gasteiger partial charge in [0.15, 0.2) is 0 Å². The van der Waals surface area contributed by atoms with E-state index in [9.17, 15) is 8.76 Å². The summed E-state index contributed by atoms with van der Waals surface area (Å²) in [7, 11) is 0. The molecule has 1 saturated carbocycles. The van der Waals surface area contributed by atoms with Crippen molar-refractivity contribution in [2.24, 2.45) is 0 Å². The number of benzene rings is 1. The summed E-state index contributed by atoms with van der Waals surface area (Å²) in [6.45, 7) is 4.39. The summed E-state index contributed by atoms with van der Waals surface area (Å²) in [4.78, 5) is 10.9. The van der Waals surface area contributed by atoms with Crippen LogP contribution in [0.5, 0.6) is 5.75 Å². The molecule has 5 rings (SSSR count). The zero-order valence-corrected chi connectivity index (χ0v) is 16.9. The van der Waals surface area contributed by atoms with E-state index in [4.69, 9.17) is 4.74 Å². The van der Waals surface area contributed by atoms with Crippen molar-refractivity contribution in [3.8, 4) is 17.1 Å². The highest BCUT2D eigenvalue weighted by Gasteiger charge is 2.40. The lowest BCUT2D eigenvalue weighted by atomic mass is 10.1. The predicted molar refractivity (Wildman–Crippen MR) is 110 cm³/mol. The molecule has 2 aliphatic rings. The minimum Gasteiger partial charge on any atom is -0.488 e. The number of piperazine rings is 1. The Balaban J connectivity index is 1.42. The second kappa shape index (κ2) is 7.05. The van der Waals surface area contributed by atoms with Gasteiger partial charge in [-0.1, -0.05) is 0 Å². The summed E-state index contributed by atoms with van der Waals surface area (Å²) < 4.78 is 28.1. The maximum atomic E-state index is 11.2. The molecule has 1 aromatic carbocycles. The van der Waals surface area contributed by atoms with E-state index >= 15 is 0 Å². The van der Waals surface area contributed by atoms with Crippen LogP contribution in [0.25, 0.3) is 22.3 Å². The molecule has 1 aliphatic heterocycles. The van der Waals surface area contributed by atoms with Crippen molar-refractivity contribution in [3.05, 3.63) is 30.6 Å². The summed E-state index contributed by atoms with van der Waals surface area (Å²) in [5.74, 6) is 1.62. The number of nitrogens with zero attached hydrogens (tertiary/aromatic N) is 5. The lowest BCUT2D eigenvalue weighted by Gasteiger charge is -2.32. The fourth-order valence-electron chi connectivity index (χ4n) is 3.54. The molecule has 10 heteroatoms. The van der Waals surface area contributed by atoms with E-state index < -0.39 is 11.3 Å². The minimum atomic E-state index is -1.93. The molecule has 1 unspecified atom stereocenters. The number of nitrogens with one attached hydrogen (secondary N) is 1. The van der Waals surface area contributed by atoms with Crippen LogP contribution in [-0.2, 0) is 11.3 Å². The van der Waals surface area contributed by atoms with E-state index in [1.54, 1.807) is 0 Å². The number of aromatic amines is 1. The first kappa shape index (κ1) is 18.5. The Kier molecular flexibility index (Phi) is 4.49. The molecular formula is C19H22N6O3S. The number of aromatic nitrogens is 4. The van der Waals surface area contributed by atoms with Gasteiger partial charge in [0.2, 0.25) is 11.3 Å². The number of rotatable bonds is 5. The molecule has 2 aromatic heterocycles. The van der Waals surface area contributed by atoms with Crippen LogP contribution in [0.2, 0.25) is 0 Å². The zero-order chi connectivity index (χ0) is 20.0. The van der Waals surface area contributed by atoms with E-state index in [0.717, 1.165) is 46.7 Å². The van der Waals surface area contributed by atoms with Gasteiger partial charge in [0.25, 0.3) is 0 Å². The number of anilines is 1. The SMILES string of the molecule is CC1(Oc2ccc3[nH]nc(-c4cc(N5CCN(S(=O)O)CC5)ncn4)c3c2)CC1. The normalized spacial score (nSPS) is 20.0. The number of ether oxygens (including phenoxy) is 1. The highest BCUT2D eigenvalue weighted by molar-refractivity contribution is 7.76. The largest absolute Gasteiger partial charge is 0.488 e. The molecule has 0 amide bonds. The van der Waals surface area contributed by atoms with Crippen LogP contribution < -0.4 is 9.64 Å². The van der Waals surface area contributed by atoms with Gasteiger partial charge >= 0.3 is 0 Å². The van der Waals surface area contributed by atoms with Crippen molar-refractivity contribution >= 4 is 28.0 Å². The summed E-state index contributed by atoms with van der Waals surface area (Å²) in [5.41, 5.74) is 2.36. The molecule has 2 fully saturated rings. The predicted octanol–water partition coefficient (Wildman–Crippen LogP) is 2.21. The average Bonchev–Trinajstić information content (AvgIpc) is 3.31. The van der Waals surface area contributed by atoms with Gasteiger partial charge in [-0.3, -0.25) is 9.65 Å². The van der Waals surface area contributed by atoms with Crippen molar-refractivity contribution in [2.45, 2.75) is 25.4 Å². The molecule has 29 heavy (non-hydrogen) atoms. The van der Waals surface area contributed by atoms with Gasteiger partial charge in [0, 0.05) is 37.6 Å². The van der Waals surface area contributed by atoms with Gasteiger partial charge in [-0.2, -0.15) is 9.40 Å². The van der Waals surface area contributed by atoms with Gasteiger partial charge in [0.05, 0.1) is 11.2 Å². The van der Waals surface area contributed by atoms with Crippen molar-refractivity contribution in [2.75, 3.05) is 31.1 Å². The number of hydrogen-bond acceptors (Lipinski definition) is 6. The second-order valence-electron chi connectivity index (χ2n) is 7.74. The molecule has 0 spiro atoms. The van der Waals surface area contributed by atoms with Crippen molar-refractivity contribution in [3.63, 3.8) is 0 Å². The Labute approximate surface area is 170 Å². The fourth-order valence-corrected chi connectivity index (χ4v) is 4.01. The lowest BCUT2D eigenvalue weighted by molar-refractivity contribution is 0.200. The monoisotopic (exact) mass is 414 g/mol. The molecule has 9 nitrogen and oxygen atoms in total. The maximum absolute atomic E-state index is 11.2. The number of fused-ring (bicyclic) bond motifs is 1. The van der Waals surface area contributed by atoms with E-state index in [1.807, 2.05) is 24.3 Å². The Morgan fingerprint density at radius 1 is 1.17 bits per heavy atom. The third-order valence-corrected chi connectivity index (χ3v) is 6.34. The third kappa shape index (κ3) is 3.70. The molecule has 152 valence electrons. The summed E-state index contributed by atoms with van der Waals surface area (Å²) >= 11 is -1.93. The van der Waals surface area contributed by atoms with Gasteiger partial charge in [-0.05, 0) is 38.0 Å². The summed E-state index contributed by atoms with van der Waals surface area (Å²) in [6.07, 6.45) is 3.69. The van der Waals surface area contributed by atoms with Crippen LogP contribution in [0, 0.1) is 0 Å². The van der Waals surface area contributed by atoms with Gasteiger partial charge in [-0.15, -0.1) is 0 Å². The highest BCUT2D eigenvalue weighted by Crippen LogP contribution is 2.40. The second-order valence-corrected chi connectivity index (χ2v) is 8.72. The van der Waals surface area contributed by atoms with Gasteiger partial charge in [0.1, 0.15) is 29.2 Å². The number of hydrogen-bond donors (Lipinski definition) is 2. The van der Waals surface area contributed by atoms with E-state index in [2.05, 4.69) is 32.0 Å². The molecule has 0 radical (unpaired) electrons. The topological polar surface area (TPSA) is 107 Å². The molecular weight excluding hydrogens is 392 g/mol. The van der Waals surface area contributed by atoms with Crippen LogP contribution in [-0.4, -0.2) is 65.0 Å². The highest BCUT2D eigenvalue weighted by atomic mass is 32.2. The third-order valence-electron chi connectivity index (χ3n) is 5.53. The summed E-state index contributed by atoms with van der Waals surface area (Å²) in [6, 6.07) is 7.86. The zero-order valence-electron chi connectivity index (χ0n) is 16.0. The van der Waals surface area contributed by atoms with Crippen LogP contribution in [0.1, 0.15) is 19.8 Å². The van der Waals surface area contributed by atoms with Crippen LogP contribution >= 0.6 is 0 Å². The maximum Gasteiger partial charge on any atom is 0.234 e. The molecule has 1 atom stereocenters. The van der Waals surface area contributed by atoms with Gasteiger partial charge < -0.3 is 9.64 Å². The Morgan fingerprint density at radius 3 is 2.69 bits per heavy atom. The first-order valence-electron chi connectivity index (χ1n) is 9.61. The van der Waals surface area contributed by atoms with Gasteiger partial charge in [-0.25, -0.2) is 14.2 Å². The Bertz CT molecular complexity index is 1070. The smallest absolute Gasteiger partial charge is 0.234 e. The molecule has 0 bridgehead atoms. The molecule has 3 aromatic rings. The Morgan fingerprint density at radius 2 is 1.97 bits per heavy atom. The average molecular weight is 414 g/mol. The van der Waals surface area contributed by atoms with Crippen molar-refractivity contribution in [1.29, 1.82) is 0 Å². The first-order valence-corrected chi connectivity index (χ1v) is 10.7. The van der Waals surface area contributed by atoms with Crippen LogP contribution in [0.3, 0.4) is 0 Å². The van der Waals surface area contributed by atoms with E-state index in [-0.39, 0.29) is 5.60 Å². The fraction of sp³-hybridized carbons (Fsp3) is 0.421. The molecule has 1 aliphatic carbocycles. The molecule has 2 N–H and O–H groups in total. The molecule has 3 heterocycles. The van der Waals surface area contributed by atoms with Crippen molar-refractivity contribution < 1.29 is 13.5 Å². The van der Waals surface area contributed by atoms with E-state index in [0.29, 0.717) is 26.2 Å². The van der Waals surface area contributed by atoms with Crippen LogP contribution in [0.4, 0.5) is 5.82 Å². The minimum absolute atomic E-state index is 0.0416. The molecule has 1 saturated heterocycles. The lowest BCUT2D eigenvalue weighted by Crippen LogP contribution is -2.47.